The second-order valence-corrected chi connectivity index (χ2v) is 13.4. The Balaban J connectivity index is 1.22. The fraction of sp³-hybridized carbons (Fsp3) is 0.621. The van der Waals surface area contributed by atoms with Crippen LogP contribution in [-0.4, -0.2) is 82.7 Å². The Hall–Kier alpha value is -2.48. The van der Waals surface area contributed by atoms with Crippen molar-refractivity contribution >= 4 is 21.7 Å². The molecule has 2 saturated heterocycles. The molecule has 0 aromatic heterocycles. The SMILES string of the molecule is NCCCNCc1ccc(N2C=C3C=C(CCS(=O)(=O)N(CC4CCOCC4)C4CCNCC4)NC3NC2=O)cc1. The van der Waals surface area contributed by atoms with Crippen LogP contribution in [-0.2, 0) is 21.3 Å². The van der Waals surface area contributed by atoms with Crippen LogP contribution in [0.3, 0.4) is 0 Å². The number of piperidine rings is 1. The number of nitrogens with two attached hydrogens (primary N) is 1. The molecule has 41 heavy (non-hydrogen) atoms. The Labute approximate surface area is 244 Å². The summed E-state index contributed by atoms with van der Waals surface area (Å²) in [6, 6.07) is 7.71. The first-order valence-electron chi connectivity index (χ1n) is 15.0. The average Bonchev–Trinajstić information content (AvgIpc) is 3.40. The Morgan fingerprint density at radius 1 is 1.07 bits per heavy atom. The number of benzene rings is 1. The van der Waals surface area contributed by atoms with Crippen LogP contribution in [0.2, 0.25) is 0 Å². The molecule has 0 bridgehead atoms. The normalized spacial score (nSPS) is 22.2. The van der Waals surface area contributed by atoms with Gasteiger partial charge in [0, 0.05) is 56.2 Å². The van der Waals surface area contributed by atoms with Gasteiger partial charge in [0.25, 0.3) is 0 Å². The van der Waals surface area contributed by atoms with Crippen LogP contribution < -0.4 is 31.9 Å². The van der Waals surface area contributed by atoms with E-state index in [1.165, 1.54) is 0 Å². The largest absolute Gasteiger partial charge is 0.381 e. The molecule has 2 fully saturated rings. The first kappa shape index (κ1) is 30.0. The van der Waals surface area contributed by atoms with E-state index in [0.29, 0.717) is 38.6 Å². The second kappa shape index (κ2) is 14.1. The van der Waals surface area contributed by atoms with Crippen LogP contribution in [0.4, 0.5) is 10.5 Å². The molecule has 4 aliphatic heterocycles. The van der Waals surface area contributed by atoms with Crippen LogP contribution in [0.15, 0.2) is 47.8 Å². The third kappa shape index (κ3) is 7.88. The van der Waals surface area contributed by atoms with Gasteiger partial charge in [0.1, 0.15) is 6.17 Å². The molecule has 1 aromatic rings. The monoisotopic (exact) mass is 587 g/mol. The van der Waals surface area contributed by atoms with Gasteiger partial charge in [-0.05, 0) is 88.0 Å². The van der Waals surface area contributed by atoms with E-state index in [9.17, 15) is 13.2 Å². The van der Waals surface area contributed by atoms with Gasteiger partial charge >= 0.3 is 6.03 Å². The zero-order valence-corrected chi connectivity index (χ0v) is 24.6. The number of anilines is 1. The molecule has 1 atom stereocenters. The molecule has 11 nitrogen and oxygen atoms in total. The summed E-state index contributed by atoms with van der Waals surface area (Å²) in [6.45, 7) is 5.96. The Morgan fingerprint density at radius 2 is 1.83 bits per heavy atom. The molecular formula is C29H45N7O4S. The molecule has 0 saturated carbocycles. The lowest BCUT2D eigenvalue weighted by Crippen LogP contribution is -2.52. The minimum absolute atomic E-state index is 0.0391. The molecule has 12 heteroatoms. The summed E-state index contributed by atoms with van der Waals surface area (Å²) in [4.78, 5) is 14.5. The first-order valence-corrected chi connectivity index (χ1v) is 16.6. The van der Waals surface area contributed by atoms with Gasteiger partial charge in [-0.3, -0.25) is 4.90 Å². The van der Waals surface area contributed by atoms with Crippen molar-refractivity contribution in [3.8, 4) is 0 Å². The molecule has 2 amide bonds. The van der Waals surface area contributed by atoms with Gasteiger partial charge in [-0.2, -0.15) is 4.31 Å². The number of allylic oxidation sites excluding steroid dienone is 1. The number of rotatable bonds is 13. The first-order chi connectivity index (χ1) is 19.9. The van der Waals surface area contributed by atoms with Crippen LogP contribution >= 0.6 is 0 Å². The van der Waals surface area contributed by atoms with Crippen LogP contribution in [0.1, 0.15) is 44.1 Å². The summed E-state index contributed by atoms with van der Waals surface area (Å²) in [6.07, 6.45) is 8.24. The van der Waals surface area contributed by atoms with E-state index in [1.54, 1.807) is 9.21 Å². The van der Waals surface area contributed by atoms with Crippen LogP contribution in [0.25, 0.3) is 0 Å². The number of sulfonamides is 1. The zero-order valence-electron chi connectivity index (χ0n) is 23.8. The van der Waals surface area contributed by atoms with Gasteiger partial charge in [0.15, 0.2) is 0 Å². The average molecular weight is 588 g/mol. The molecule has 1 aromatic carbocycles. The fourth-order valence-corrected chi connectivity index (χ4v) is 7.74. The van der Waals surface area contributed by atoms with E-state index in [0.717, 1.165) is 80.8 Å². The number of ether oxygens (including phenoxy) is 1. The van der Waals surface area contributed by atoms with Crippen molar-refractivity contribution < 1.29 is 17.9 Å². The van der Waals surface area contributed by atoms with E-state index in [2.05, 4.69) is 21.3 Å². The van der Waals surface area contributed by atoms with Gasteiger partial charge < -0.3 is 31.7 Å². The molecule has 0 spiro atoms. The predicted molar refractivity (Wildman–Crippen MR) is 160 cm³/mol. The quantitative estimate of drug-likeness (QED) is 0.219. The number of urea groups is 1. The maximum absolute atomic E-state index is 13.7. The Morgan fingerprint density at radius 3 is 2.56 bits per heavy atom. The number of nitrogens with one attached hydrogen (secondary N) is 4. The van der Waals surface area contributed by atoms with Gasteiger partial charge in [-0.25, -0.2) is 13.2 Å². The minimum Gasteiger partial charge on any atom is -0.381 e. The van der Waals surface area contributed by atoms with Crippen molar-refractivity contribution in [1.29, 1.82) is 0 Å². The number of nitrogens with zero attached hydrogens (tertiary/aromatic N) is 2. The van der Waals surface area contributed by atoms with Crippen LogP contribution in [0.5, 0.6) is 0 Å². The van der Waals surface area contributed by atoms with Crippen molar-refractivity contribution in [3.63, 3.8) is 0 Å². The lowest BCUT2D eigenvalue weighted by atomic mass is 9.99. The van der Waals surface area contributed by atoms with E-state index in [1.807, 2.05) is 36.5 Å². The van der Waals surface area contributed by atoms with Gasteiger partial charge in [0.2, 0.25) is 10.0 Å². The lowest BCUT2D eigenvalue weighted by molar-refractivity contribution is 0.0564. The van der Waals surface area contributed by atoms with Gasteiger partial charge in [0.05, 0.1) is 11.4 Å². The Bertz CT molecular complexity index is 1190. The Kier molecular flexibility index (Phi) is 10.3. The number of carbonyl (C=O) groups excluding carboxylic acids is 1. The van der Waals surface area contributed by atoms with E-state index < -0.39 is 10.0 Å². The topological polar surface area (TPSA) is 141 Å². The molecule has 5 rings (SSSR count). The fourth-order valence-electron chi connectivity index (χ4n) is 5.92. The van der Waals surface area contributed by atoms with Crippen molar-refractivity contribution in [2.24, 2.45) is 11.7 Å². The van der Waals surface area contributed by atoms with E-state index >= 15 is 0 Å². The van der Waals surface area contributed by atoms with E-state index in [-0.39, 0.29) is 24.0 Å². The molecule has 4 heterocycles. The highest BCUT2D eigenvalue weighted by Crippen LogP contribution is 2.28. The summed E-state index contributed by atoms with van der Waals surface area (Å²) in [5, 5.41) is 13.0. The molecule has 0 radical (unpaired) electrons. The molecule has 6 N–H and O–H groups in total. The predicted octanol–water partition coefficient (Wildman–Crippen LogP) is 1.55. The highest BCUT2D eigenvalue weighted by molar-refractivity contribution is 7.89. The smallest absolute Gasteiger partial charge is 0.327 e. The highest BCUT2D eigenvalue weighted by atomic mass is 32.2. The van der Waals surface area contributed by atoms with Gasteiger partial charge in [-0.15, -0.1) is 0 Å². The van der Waals surface area contributed by atoms with Gasteiger partial charge in [-0.1, -0.05) is 12.1 Å². The van der Waals surface area contributed by atoms with Crippen molar-refractivity contribution in [2.45, 2.75) is 57.3 Å². The zero-order chi connectivity index (χ0) is 28.7. The molecule has 4 aliphatic rings. The van der Waals surface area contributed by atoms with E-state index in [4.69, 9.17) is 10.5 Å². The summed E-state index contributed by atoms with van der Waals surface area (Å²) >= 11 is 0. The number of hydrogen-bond donors (Lipinski definition) is 5. The molecule has 226 valence electrons. The summed E-state index contributed by atoms with van der Waals surface area (Å²) < 4.78 is 34.7. The summed E-state index contributed by atoms with van der Waals surface area (Å²) in [5.41, 5.74) is 9.18. The summed E-state index contributed by atoms with van der Waals surface area (Å²) in [5.74, 6) is 0.380. The summed E-state index contributed by atoms with van der Waals surface area (Å²) in [7, 11) is -3.47. The van der Waals surface area contributed by atoms with Crippen molar-refractivity contribution in [1.82, 2.24) is 25.6 Å². The maximum atomic E-state index is 13.7. The van der Waals surface area contributed by atoms with Crippen molar-refractivity contribution in [3.05, 3.63) is 53.4 Å². The second-order valence-electron chi connectivity index (χ2n) is 11.4. The van der Waals surface area contributed by atoms with Crippen LogP contribution in [0, 0.1) is 5.92 Å². The number of amides is 2. The molecule has 1 unspecified atom stereocenters. The molecule has 0 aliphatic carbocycles. The third-order valence-electron chi connectivity index (χ3n) is 8.35. The number of fused-ring (bicyclic) bond motifs is 1. The minimum atomic E-state index is -3.47. The lowest BCUT2D eigenvalue weighted by Gasteiger charge is -2.37. The molecular weight excluding hydrogens is 542 g/mol. The van der Waals surface area contributed by atoms with Crippen molar-refractivity contribution in [2.75, 3.05) is 56.6 Å². The highest BCUT2D eigenvalue weighted by Gasteiger charge is 2.35. The maximum Gasteiger partial charge on any atom is 0.327 e. The third-order valence-corrected chi connectivity index (χ3v) is 10.2. The number of hydrogen-bond acceptors (Lipinski definition) is 8. The standard InChI is InChI=1S/C29H45N7O4S/c30-11-1-12-32-19-22-2-4-26(5-3-22)35-21-24-18-25(33-28(24)34-29(35)37)10-17-41(38,39)36(27-6-13-31-14-7-27)20-23-8-15-40-16-9-23/h2-5,18,21,23,27-28,31-33H,1,6-17,19-20,30H2,(H,34,37). The number of carbonyl (C=O) groups is 1.